The van der Waals surface area contributed by atoms with Crippen LogP contribution in [0.2, 0.25) is 0 Å². The molecule has 4 nitrogen and oxygen atoms in total. The molecule has 0 aliphatic carbocycles. The van der Waals surface area contributed by atoms with Crippen molar-refractivity contribution < 1.29 is 9.21 Å². The van der Waals surface area contributed by atoms with Crippen LogP contribution in [0.1, 0.15) is 15.9 Å². The third-order valence-electron chi connectivity index (χ3n) is 2.41. The summed E-state index contributed by atoms with van der Waals surface area (Å²) < 4.78 is 5.52. The summed E-state index contributed by atoms with van der Waals surface area (Å²) in [6.45, 7) is 1.90. The maximum absolute atomic E-state index is 11.9. The Labute approximate surface area is 112 Å². The van der Waals surface area contributed by atoms with Gasteiger partial charge in [0.25, 0.3) is 5.91 Å². The highest BCUT2D eigenvalue weighted by molar-refractivity contribution is 9.10. The fourth-order valence-corrected chi connectivity index (χ4v) is 1.77. The SMILES string of the molecule is Cc1ccc(Br)cc1NC(=O)c1ccc(=O)oc1. The Bertz CT molecular complexity index is 628. The zero-order valence-corrected chi connectivity index (χ0v) is 11.2. The molecule has 0 aliphatic rings. The van der Waals surface area contributed by atoms with Crippen molar-refractivity contribution in [2.75, 3.05) is 5.32 Å². The molecule has 1 N–H and O–H groups in total. The number of hydrogen-bond acceptors (Lipinski definition) is 3. The summed E-state index contributed by atoms with van der Waals surface area (Å²) in [5.41, 5.74) is 1.48. The van der Waals surface area contributed by atoms with Gasteiger partial charge in [0.05, 0.1) is 5.56 Å². The third kappa shape index (κ3) is 2.87. The van der Waals surface area contributed by atoms with E-state index in [0.717, 1.165) is 16.3 Å². The molecular weight excluding hydrogens is 298 g/mol. The lowest BCUT2D eigenvalue weighted by molar-refractivity contribution is 0.102. The van der Waals surface area contributed by atoms with Crippen molar-refractivity contribution >= 4 is 27.5 Å². The van der Waals surface area contributed by atoms with E-state index in [1.807, 2.05) is 25.1 Å². The van der Waals surface area contributed by atoms with E-state index in [9.17, 15) is 9.59 Å². The molecule has 92 valence electrons. The van der Waals surface area contributed by atoms with E-state index < -0.39 is 5.63 Å². The molecule has 1 amide bonds. The van der Waals surface area contributed by atoms with Gasteiger partial charge in [-0.05, 0) is 30.7 Å². The summed E-state index contributed by atoms with van der Waals surface area (Å²) >= 11 is 3.34. The molecule has 0 saturated carbocycles. The maximum atomic E-state index is 11.9. The second-order valence-corrected chi connectivity index (χ2v) is 4.67. The summed E-state index contributed by atoms with van der Waals surface area (Å²) in [6, 6.07) is 8.24. The van der Waals surface area contributed by atoms with Gasteiger partial charge in [-0.2, -0.15) is 0 Å². The molecule has 0 spiro atoms. The number of hydrogen-bond donors (Lipinski definition) is 1. The van der Waals surface area contributed by atoms with Crippen molar-refractivity contribution in [2.24, 2.45) is 0 Å². The van der Waals surface area contributed by atoms with Crippen LogP contribution in [0.15, 0.2) is 50.3 Å². The Morgan fingerprint density at radius 3 is 2.72 bits per heavy atom. The molecule has 18 heavy (non-hydrogen) atoms. The first-order chi connectivity index (χ1) is 8.56. The number of carbonyl (C=O) groups excluding carboxylic acids is 1. The van der Waals surface area contributed by atoms with Crippen LogP contribution in [0, 0.1) is 6.92 Å². The minimum Gasteiger partial charge on any atom is -0.430 e. The van der Waals surface area contributed by atoms with Crippen molar-refractivity contribution in [2.45, 2.75) is 6.92 Å². The zero-order valence-electron chi connectivity index (χ0n) is 9.57. The highest BCUT2D eigenvalue weighted by atomic mass is 79.9. The van der Waals surface area contributed by atoms with Gasteiger partial charge in [-0.15, -0.1) is 0 Å². The molecule has 0 saturated heterocycles. The lowest BCUT2D eigenvalue weighted by Crippen LogP contribution is -2.13. The van der Waals surface area contributed by atoms with Crippen LogP contribution in [-0.4, -0.2) is 5.91 Å². The second-order valence-electron chi connectivity index (χ2n) is 3.76. The summed E-state index contributed by atoms with van der Waals surface area (Å²) in [4.78, 5) is 22.7. The summed E-state index contributed by atoms with van der Waals surface area (Å²) in [7, 11) is 0. The van der Waals surface area contributed by atoms with Crippen LogP contribution >= 0.6 is 15.9 Å². The first kappa shape index (κ1) is 12.6. The van der Waals surface area contributed by atoms with Gasteiger partial charge in [0, 0.05) is 16.2 Å². The maximum Gasteiger partial charge on any atom is 0.335 e. The molecule has 0 aliphatic heterocycles. The van der Waals surface area contributed by atoms with Crippen molar-refractivity contribution in [1.82, 2.24) is 0 Å². The molecule has 2 aromatic rings. The second kappa shape index (κ2) is 5.18. The standard InChI is InChI=1S/C13H10BrNO3/c1-8-2-4-10(14)6-11(8)15-13(17)9-3-5-12(16)18-7-9/h2-7H,1H3,(H,15,17). The number of aryl methyl sites for hydroxylation is 1. The van der Waals surface area contributed by atoms with Gasteiger partial charge >= 0.3 is 5.63 Å². The topological polar surface area (TPSA) is 59.3 Å². The van der Waals surface area contributed by atoms with Gasteiger partial charge in [-0.25, -0.2) is 4.79 Å². The average Bonchev–Trinajstić information content (AvgIpc) is 2.34. The van der Waals surface area contributed by atoms with Crippen LogP contribution in [0.4, 0.5) is 5.69 Å². The summed E-state index contributed by atoms with van der Waals surface area (Å²) in [6.07, 6.45) is 1.14. The van der Waals surface area contributed by atoms with Gasteiger partial charge in [0.2, 0.25) is 0 Å². The Morgan fingerprint density at radius 1 is 1.28 bits per heavy atom. The van der Waals surface area contributed by atoms with Crippen molar-refractivity contribution in [3.63, 3.8) is 0 Å². The van der Waals surface area contributed by atoms with Gasteiger partial charge in [0.1, 0.15) is 6.26 Å². The molecule has 1 aromatic heterocycles. The smallest absolute Gasteiger partial charge is 0.335 e. The molecule has 1 heterocycles. The molecule has 5 heteroatoms. The van der Waals surface area contributed by atoms with E-state index in [1.54, 1.807) is 0 Å². The number of benzene rings is 1. The Hall–Kier alpha value is -1.88. The molecule has 2 rings (SSSR count). The number of anilines is 1. The number of halogens is 1. The highest BCUT2D eigenvalue weighted by Crippen LogP contribution is 2.21. The minimum absolute atomic E-state index is 0.300. The predicted octanol–water partition coefficient (Wildman–Crippen LogP) is 2.96. The van der Waals surface area contributed by atoms with Crippen LogP contribution in [0.5, 0.6) is 0 Å². The number of nitrogens with one attached hydrogen (secondary N) is 1. The molecular formula is C13H10BrNO3. The Balaban J connectivity index is 2.23. The first-order valence-corrected chi connectivity index (χ1v) is 6.02. The van der Waals surface area contributed by atoms with E-state index in [1.165, 1.54) is 12.1 Å². The van der Waals surface area contributed by atoms with Crippen LogP contribution in [-0.2, 0) is 0 Å². The molecule has 1 aromatic carbocycles. The number of carbonyl (C=O) groups is 1. The van der Waals surface area contributed by atoms with Gasteiger partial charge in [-0.1, -0.05) is 22.0 Å². The minimum atomic E-state index is -0.481. The number of amides is 1. The molecule has 0 bridgehead atoms. The number of rotatable bonds is 2. The summed E-state index contributed by atoms with van der Waals surface area (Å²) in [5.74, 6) is -0.319. The van der Waals surface area contributed by atoms with Gasteiger partial charge in [0.15, 0.2) is 0 Å². The molecule has 0 radical (unpaired) electrons. The first-order valence-electron chi connectivity index (χ1n) is 5.22. The van der Waals surface area contributed by atoms with Crippen molar-refractivity contribution in [3.8, 4) is 0 Å². The molecule has 0 unspecified atom stereocenters. The lowest BCUT2D eigenvalue weighted by atomic mass is 10.2. The molecule has 0 atom stereocenters. The Kier molecular flexibility index (Phi) is 3.62. The molecule has 0 fully saturated rings. The fourth-order valence-electron chi connectivity index (χ4n) is 1.41. The van der Waals surface area contributed by atoms with Crippen molar-refractivity contribution in [3.05, 3.63) is 62.6 Å². The highest BCUT2D eigenvalue weighted by Gasteiger charge is 2.08. The van der Waals surface area contributed by atoms with Crippen LogP contribution in [0.3, 0.4) is 0 Å². The zero-order chi connectivity index (χ0) is 13.1. The quantitative estimate of drug-likeness (QED) is 0.928. The van der Waals surface area contributed by atoms with Crippen molar-refractivity contribution in [1.29, 1.82) is 0 Å². The van der Waals surface area contributed by atoms with Crippen LogP contribution in [0.25, 0.3) is 0 Å². The van der Waals surface area contributed by atoms with E-state index >= 15 is 0 Å². The van der Waals surface area contributed by atoms with Crippen LogP contribution < -0.4 is 10.9 Å². The largest absolute Gasteiger partial charge is 0.430 e. The Morgan fingerprint density at radius 2 is 2.06 bits per heavy atom. The van der Waals surface area contributed by atoms with E-state index in [-0.39, 0.29) is 5.91 Å². The van der Waals surface area contributed by atoms with Gasteiger partial charge < -0.3 is 9.73 Å². The van der Waals surface area contributed by atoms with E-state index in [0.29, 0.717) is 11.3 Å². The predicted molar refractivity (Wildman–Crippen MR) is 71.8 cm³/mol. The average molecular weight is 308 g/mol. The van der Waals surface area contributed by atoms with Gasteiger partial charge in [-0.3, -0.25) is 4.79 Å². The lowest BCUT2D eigenvalue weighted by Gasteiger charge is -2.08. The third-order valence-corrected chi connectivity index (χ3v) is 2.90. The summed E-state index contributed by atoms with van der Waals surface area (Å²) in [5, 5.41) is 2.76. The monoisotopic (exact) mass is 307 g/mol. The van der Waals surface area contributed by atoms with E-state index in [2.05, 4.69) is 25.7 Å². The fraction of sp³-hybridized carbons (Fsp3) is 0.0769. The normalized spacial score (nSPS) is 10.1. The van der Waals surface area contributed by atoms with E-state index in [4.69, 9.17) is 0 Å².